The fraction of sp³-hybridized carbons (Fsp3) is 0.700. The van der Waals surface area contributed by atoms with Crippen molar-refractivity contribution in [3.05, 3.63) is 12.2 Å². The molecule has 2 heteroatoms. The lowest BCUT2D eigenvalue weighted by Crippen LogP contribution is -2.39. The molecule has 3 aliphatic rings. The molecule has 2 atom stereocenters. The van der Waals surface area contributed by atoms with Gasteiger partial charge in [-0.3, -0.25) is 4.79 Å². The average molecular weight is 166 g/mol. The highest BCUT2D eigenvalue weighted by molar-refractivity contribution is 5.77. The van der Waals surface area contributed by atoms with E-state index in [4.69, 9.17) is 4.74 Å². The van der Waals surface area contributed by atoms with Crippen molar-refractivity contribution in [2.75, 3.05) is 0 Å². The maximum Gasteiger partial charge on any atom is 0.312 e. The number of fused-ring (bicyclic) bond motifs is 4. The molecule has 2 aliphatic heterocycles. The van der Waals surface area contributed by atoms with E-state index in [9.17, 15) is 4.79 Å². The number of carbonyl (C=O) groups is 1. The molecule has 3 rings (SSSR count). The quantitative estimate of drug-likeness (QED) is 0.406. The number of allylic oxidation sites excluding steroid dienone is 1. The van der Waals surface area contributed by atoms with Crippen molar-refractivity contribution in [2.45, 2.75) is 38.7 Å². The molecule has 0 saturated carbocycles. The lowest BCUT2D eigenvalue weighted by molar-refractivity contribution is -0.166. The summed E-state index contributed by atoms with van der Waals surface area (Å²) in [5, 5.41) is 0. The van der Waals surface area contributed by atoms with Gasteiger partial charge < -0.3 is 4.74 Å². The van der Waals surface area contributed by atoms with E-state index in [2.05, 4.69) is 6.08 Å². The number of carbonyl (C=O) groups excluding carboxylic acids is 1. The van der Waals surface area contributed by atoms with Gasteiger partial charge in [0.25, 0.3) is 0 Å². The number of rotatable bonds is 0. The van der Waals surface area contributed by atoms with Crippen LogP contribution in [0.2, 0.25) is 0 Å². The molecule has 66 valence electrons. The van der Waals surface area contributed by atoms with Crippen molar-refractivity contribution in [1.82, 2.24) is 0 Å². The van der Waals surface area contributed by atoms with Crippen molar-refractivity contribution in [3.63, 3.8) is 0 Å². The Hall–Kier alpha value is -0.790. The molecule has 2 bridgehead atoms. The molecule has 1 aliphatic carbocycles. The van der Waals surface area contributed by atoms with Gasteiger partial charge in [0.05, 0.1) is 5.41 Å². The van der Waals surface area contributed by atoms with Crippen LogP contribution in [0, 0.1) is 5.41 Å². The summed E-state index contributed by atoms with van der Waals surface area (Å²) in [6.07, 6.45) is 8.16. The predicted molar refractivity (Wildman–Crippen MR) is 45.6 cm³/mol. The molecular formula is C10H14O2. The molecule has 1 saturated heterocycles. The zero-order valence-electron chi connectivity index (χ0n) is 7.38. The normalized spacial score (nSPS) is 43.1. The minimum absolute atomic E-state index is 0.00287. The lowest BCUT2D eigenvalue weighted by Gasteiger charge is -2.36. The van der Waals surface area contributed by atoms with Crippen LogP contribution >= 0.6 is 0 Å². The monoisotopic (exact) mass is 166 g/mol. The largest absolute Gasteiger partial charge is 0.458 e. The van der Waals surface area contributed by atoms with E-state index in [0.29, 0.717) is 0 Å². The Morgan fingerprint density at radius 3 is 3.17 bits per heavy atom. The molecule has 0 aromatic carbocycles. The zero-order valence-corrected chi connectivity index (χ0v) is 7.38. The highest BCUT2D eigenvalue weighted by atomic mass is 16.5. The summed E-state index contributed by atoms with van der Waals surface area (Å²) in [4.78, 5) is 11.5. The fourth-order valence-electron chi connectivity index (χ4n) is 1.91. The minimum Gasteiger partial charge on any atom is -0.458 e. The summed E-state index contributed by atoms with van der Waals surface area (Å²) in [6.45, 7) is 2.02. The number of ether oxygens (including phenoxy) is 1. The van der Waals surface area contributed by atoms with Gasteiger partial charge in [0.15, 0.2) is 0 Å². The van der Waals surface area contributed by atoms with Crippen molar-refractivity contribution in [2.24, 2.45) is 5.41 Å². The first-order chi connectivity index (χ1) is 5.71. The Morgan fingerprint density at radius 1 is 1.58 bits per heavy atom. The fourth-order valence-corrected chi connectivity index (χ4v) is 1.91. The molecular weight excluding hydrogens is 152 g/mol. The highest BCUT2D eigenvalue weighted by Gasteiger charge is 2.40. The van der Waals surface area contributed by atoms with Crippen molar-refractivity contribution in [3.8, 4) is 0 Å². The van der Waals surface area contributed by atoms with Gasteiger partial charge in [-0.1, -0.05) is 6.08 Å². The first kappa shape index (κ1) is 7.84. The van der Waals surface area contributed by atoms with E-state index in [1.807, 2.05) is 13.0 Å². The zero-order chi connectivity index (χ0) is 8.60. The average Bonchev–Trinajstić information content (AvgIpc) is 2.01. The third-order valence-electron chi connectivity index (χ3n) is 2.95. The summed E-state index contributed by atoms with van der Waals surface area (Å²) in [6, 6.07) is 0. The van der Waals surface area contributed by atoms with Gasteiger partial charge in [-0.05, 0) is 38.7 Å². The summed E-state index contributed by atoms with van der Waals surface area (Å²) in [7, 11) is 0. The van der Waals surface area contributed by atoms with E-state index >= 15 is 0 Å². The molecule has 0 N–H and O–H groups in total. The first-order valence-electron chi connectivity index (χ1n) is 4.58. The third-order valence-corrected chi connectivity index (χ3v) is 2.95. The van der Waals surface area contributed by atoms with Gasteiger partial charge >= 0.3 is 5.97 Å². The molecule has 0 radical (unpaired) electrons. The van der Waals surface area contributed by atoms with Gasteiger partial charge in [-0.15, -0.1) is 0 Å². The molecule has 0 aromatic heterocycles. The Kier molecular flexibility index (Phi) is 1.71. The molecule has 1 unspecified atom stereocenters. The maximum atomic E-state index is 11.5. The third kappa shape index (κ3) is 1.15. The van der Waals surface area contributed by atoms with Crippen molar-refractivity contribution >= 4 is 5.97 Å². The van der Waals surface area contributed by atoms with Crippen LogP contribution in [0.25, 0.3) is 0 Å². The molecule has 2 nitrogen and oxygen atoms in total. The van der Waals surface area contributed by atoms with Crippen LogP contribution in [0.15, 0.2) is 12.2 Å². The van der Waals surface area contributed by atoms with E-state index < -0.39 is 0 Å². The van der Waals surface area contributed by atoms with Gasteiger partial charge in [0, 0.05) is 0 Å². The molecule has 0 aromatic rings. The Labute approximate surface area is 72.6 Å². The van der Waals surface area contributed by atoms with Crippen LogP contribution in [0.5, 0.6) is 0 Å². The number of hydrogen-bond acceptors (Lipinski definition) is 2. The Morgan fingerprint density at radius 2 is 2.42 bits per heavy atom. The van der Waals surface area contributed by atoms with Gasteiger partial charge in [0.1, 0.15) is 6.10 Å². The van der Waals surface area contributed by atoms with Crippen LogP contribution in [0.4, 0.5) is 0 Å². The van der Waals surface area contributed by atoms with Crippen molar-refractivity contribution in [1.29, 1.82) is 0 Å². The van der Waals surface area contributed by atoms with Gasteiger partial charge in [-0.25, -0.2) is 0 Å². The molecule has 0 amide bonds. The minimum atomic E-state index is -0.193. The lowest BCUT2D eigenvalue weighted by atomic mass is 9.77. The second kappa shape index (κ2) is 2.61. The summed E-state index contributed by atoms with van der Waals surface area (Å²) in [5.74, 6) is 0.00287. The predicted octanol–water partition coefficient (Wildman–Crippen LogP) is 2.05. The number of esters is 1. The SMILES string of the molecule is C[C@@]12CC/C=C\C(CC1)OC2=O. The van der Waals surface area contributed by atoms with Crippen molar-refractivity contribution < 1.29 is 9.53 Å². The second-order valence-electron chi connectivity index (χ2n) is 4.01. The standard InChI is InChI=1S/C10H14O2/c1-10-6-3-2-4-8(5-7-10)12-9(10)11/h2,4,8H,3,5-7H2,1H3/b4-2-/t8?,10-/m1/s1. The maximum absolute atomic E-state index is 11.5. The Bertz CT molecular complexity index is 232. The molecule has 12 heavy (non-hydrogen) atoms. The van der Waals surface area contributed by atoms with Gasteiger partial charge in [-0.2, -0.15) is 0 Å². The second-order valence-corrected chi connectivity index (χ2v) is 4.01. The highest BCUT2D eigenvalue weighted by Crippen LogP contribution is 2.38. The van der Waals surface area contributed by atoms with Gasteiger partial charge in [0.2, 0.25) is 0 Å². The van der Waals surface area contributed by atoms with Crippen LogP contribution < -0.4 is 0 Å². The van der Waals surface area contributed by atoms with Crippen LogP contribution in [-0.4, -0.2) is 12.1 Å². The smallest absolute Gasteiger partial charge is 0.312 e. The summed E-state index contributed by atoms with van der Waals surface area (Å²) >= 11 is 0. The first-order valence-corrected chi connectivity index (χ1v) is 4.58. The molecule has 1 fully saturated rings. The van der Waals surface area contributed by atoms with Crippen LogP contribution in [-0.2, 0) is 9.53 Å². The van der Waals surface area contributed by atoms with Crippen LogP contribution in [0.3, 0.4) is 0 Å². The van der Waals surface area contributed by atoms with E-state index in [1.54, 1.807) is 0 Å². The van der Waals surface area contributed by atoms with E-state index in [-0.39, 0.29) is 17.5 Å². The topological polar surface area (TPSA) is 26.3 Å². The summed E-state index contributed by atoms with van der Waals surface area (Å²) < 4.78 is 5.27. The Balaban J connectivity index is 2.27. The molecule has 2 heterocycles. The molecule has 0 spiro atoms. The van der Waals surface area contributed by atoms with E-state index in [0.717, 1.165) is 25.7 Å². The number of hydrogen-bond donors (Lipinski definition) is 0. The summed E-state index contributed by atoms with van der Waals surface area (Å²) in [5.41, 5.74) is -0.193. The van der Waals surface area contributed by atoms with Crippen LogP contribution in [0.1, 0.15) is 32.6 Å². The van der Waals surface area contributed by atoms with E-state index in [1.165, 1.54) is 0 Å².